The van der Waals surface area contributed by atoms with E-state index >= 15 is 0 Å². The smallest absolute Gasteiger partial charge is 0.307 e. The molecule has 1 fully saturated rings. The second-order valence-electron chi connectivity index (χ2n) is 8.34. The molecule has 1 aliphatic rings. The van der Waals surface area contributed by atoms with Gasteiger partial charge in [-0.05, 0) is 50.5 Å². The second kappa shape index (κ2) is 10.4. The summed E-state index contributed by atoms with van der Waals surface area (Å²) in [5.41, 5.74) is 1.96. The van der Waals surface area contributed by atoms with Crippen molar-refractivity contribution in [2.45, 2.75) is 44.1 Å². The van der Waals surface area contributed by atoms with Gasteiger partial charge in [0.25, 0.3) is 0 Å². The van der Waals surface area contributed by atoms with Crippen LogP contribution in [0.3, 0.4) is 0 Å². The van der Waals surface area contributed by atoms with Crippen molar-refractivity contribution in [3.05, 3.63) is 64.8 Å². The SMILES string of the molecule is Cc1ccc(NC(=O)Nc2ncc(CCS(=O)(=O)c3ccccn3)s2)c(C(=O)C2CCCC2)c1. The molecule has 2 aromatic heterocycles. The summed E-state index contributed by atoms with van der Waals surface area (Å²) in [5.74, 6) is -0.0233. The van der Waals surface area contributed by atoms with E-state index in [1.165, 1.54) is 23.6 Å². The molecule has 1 aliphatic carbocycles. The van der Waals surface area contributed by atoms with E-state index in [0.29, 0.717) is 16.4 Å². The van der Waals surface area contributed by atoms with Crippen molar-refractivity contribution in [2.75, 3.05) is 16.4 Å². The number of amides is 2. The lowest BCUT2D eigenvalue weighted by Crippen LogP contribution is -2.22. The third-order valence-corrected chi connectivity index (χ3v) is 8.36. The Morgan fingerprint density at radius 2 is 1.88 bits per heavy atom. The van der Waals surface area contributed by atoms with Gasteiger partial charge in [-0.3, -0.25) is 10.1 Å². The predicted octanol–water partition coefficient (Wildman–Crippen LogP) is 4.88. The zero-order valence-corrected chi connectivity index (χ0v) is 20.4. The third kappa shape index (κ3) is 5.87. The molecule has 4 rings (SSSR count). The Balaban J connectivity index is 1.38. The average Bonchev–Trinajstić information content (AvgIpc) is 3.51. The lowest BCUT2D eigenvalue weighted by molar-refractivity contribution is 0.0923. The first kappa shape index (κ1) is 24.0. The number of sulfone groups is 1. The molecule has 0 saturated heterocycles. The van der Waals surface area contributed by atoms with Crippen molar-refractivity contribution in [2.24, 2.45) is 5.92 Å². The molecule has 0 atom stereocenters. The van der Waals surface area contributed by atoms with Gasteiger partial charge in [0, 0.05) is 28.8 Å². The van der Waals surface area contributed by atoms with Crippen LogP contribution in [-0.4, -0.2) is 36.0 Å². The quantitative estimate of drug-likeness (QED) is 0.427. The number of carbonyl (C=O) groups is 2. The molecule has 2 amide bonds. The van der Waals surface area contributed by atoms with Crippen molar-refractivity contribution in [3.8, 4) is 0 Å². The Morgan fingerprint density at radius 3 is 2.62 bits per heavy atom. The molecule has 0 bridgehead atoms. The number of anilines is 2. The zero-order chi connectivity index (χ0) is 24.1. The molecule has 8 nitrogen and oxygen atoms in total. The number of nitrogens with zero attached hydrogens (tertiary/aromatic N) is 2. The number of ketones is 1. The Hall–Kier alpha value is -3.11. The summed E-state index contributed by atoms with van der Waals surface area (Å²) < 4.78 is 24.8. The van der Waals surface area contributed by atoms with Gasteiger partial charge in [0.1, 0.15) is 0 Å². The van der Waals surface area contributed by atoms with E-state index in [1.54, 1.807) is 24.4 Å². The maximum absolute atomic E-state index is 13.0. The highest BCUT2D eigenvalue weighted by molar-refractivity contribution is 7.91. The summed E-state index contributed by atoms with van der Waals surface area (Å²) in [4.78, 5) is 34.4. The summed E-state index contributed by atoms with van der Waals surface area (Å²) in [5, 5.41) is 5.83. The standard InChI is InChI=1S/C24H26N4O4S2/c1-16-9-10-20(19(14-16)22(29)17-6-2-3-7-17)27-23(30)28-24-26-15-18(33-24)11-13-34(31,32)21-8-4-5-12-25-21/h4-5,8-10,12,14-15,17H,2-3,6-7,11,13H2,1H3,(H2,26,27,28,30). The molecular weight excluding hydrogens is 472 g/mol. The minimum absolute atomic E-state index is 0.00861. The van der Waals surface area contributed by atoms with Crippen LogP contribution in [0.15, 0.2) is 53.8 Å². The fourth-order valence-corrected chi connectivity index (χ4v) is 6.12. The molecular formula is C24H26N4O4S2. The number of benzene rings is 1. The van der Waals surface area contributed by atoms with Crippen molar-refractivity contribution in [1.82, 2.24) is 9.97 Å². The predicted molar refractivity (Wildman–Crippen MR) is 132 cm³/mol. The first-order chi connectivity index (χ1) is 16.3. The number of thiazole rings is 1. The molecule has 0 unspecified atom stereocenters. The van der Waals surface area contributed by atoms with Crippen LogP contribution in [0, 0.1) is 12.8 Å². The number of hydrogen-bond acceptors (Lipinski definition) is 7. The number of pyridine rings is 1. The molecule has 0 radical (unpaired) electrons. The Bertz CT molecular complexity index is 1280. The maximum Gasteiger partial charge on any atom is 0.325 e. The molecule has 2 N–H and O–H groups in total. The van der Waals surface area contributed by atoms with E-state index in [1.807, 2.05) is 19.1 Å². The largest absolute Gasteiger partial charge is 0.325 e. The van der Waals surface area contributed by atoms with Crippen LogP contribution < -0.4 is 10.6 Å². The van der Waals surface area contributed by atoms with Gasteiger partial charge in [-0.2, -0.15) is 0 Å². The minimum Gasteiger partial charge on any atom is -0.307 e. The first-order valence-electron chi connectivity index (χ1n) is 11.1. The highest BCUT2D eigenvalue weighted by Crippen LogP contribution is 2.31. The van der Waals surface area contributed by atoms with Crippen LogP contribution in [-0.2, 0) is 16.3 Å². The summed E-state index contributed by atoms with van der Waals surface area (Å²) >= 11 is 1.21. The third-order valence-electron chi connectivity index (χ3n) is 5.76. The van der Waals surface area contributed by atoms with Crippen molar-refractivity contribution < 1.29 is 18.0 Å². The van der Waals surface area contributed by atoms with Gasteiger partial charge in [0.2, 0.25) is 0 Å². The van der Waals surface area contributed by atoms with Crippen LogP contribution in [0.5, 0.6) is 0 Å². The highest BCUT2D eigenvalue weighted by Gasteiger charge is 2.26. The fourth-order valence-electron chi connectivity index (χ4n) is 3.98. The van der Waals surface area contributed by atoms with E-state index in [2.05, 4.69) is 20.6 Å². The summed E-state index contributed by atoms with van der Waals surface area (Å²) in [6, 6.07) is 9.67. The van der Waals surface area contributed by atoms with Crippen molar-refractivity contribution in [3.63, 3.8) is 0 Å². The second-order valence-corrected chi connectivity index (χ2v) is 11.5. The molecule has 3 aromatic rings. The number of aryl methyl sites for hydroxylation is 2. The molecule has 1 aromatic carbocycles. The molecule has 0 aliphatic heterocycles. The number of carbonyl (C=O) groups excluding carboxylic acids is 2. The van der Waals surface area contributed by atoms with E-state index in [0.717, 1.165) is 36.1 Å². The monoisotopic (exact) mass is 498 g/mol. The van der Waals surface area contributed by atoms with Gasteiger partial charge >= 0.3 is 6.03 Å². The van der Waals surface area contributed by atoms with Gasteiger partial charge in [-0.1, -0.05) is 30.5 Å². The molecule has 1 saturated carbocycles. The minimum atomic E-state index is -3.50. The number of nitrogens with one attached hydrogen (secondary N) is 2. The number of Topliss-reactive ketones (excluding diaryl/α,β-unsaturated/α-hetero) is 1. The van der Waals surface area contributed by atoms with Crippen molar-refractivity contribution in [1.29, 1.82) is 0 Å². The lowest BCUT2D eigenvalue weighted by atomic mass is 9.94. The van der Waals surface area contributed by atoms with Gasteiger partial charge in [0.15, 0.2) is 25.8 Å². The van der Waals surface area contributed by atoms with Crippen LogP contribution in [0.25, 0.3) is 0 Å². The molecule has 10 heteroatoms. The topological polar surface area (TPSA) is 118 Å². The Kier molecular flexibility index (Phi) is 7.38. The van der Waals surface area contributed by atoms with Gasteiger partial charge in [0.05, 0.1) is 11.4 Å². The van der Waals surface area contributed by atoms with E-state index in [9.17, 15) is 18.0 Å². The van der Waals surface area contributed by atoms with Crippen molar-refractivity contribution >= 4 is 43.8 Å². The number of urea groups is 1. The normalized spacial score (nSPS) is 14.1. The van der Waals surface area contributed by atoms with Crippen LogP contribution in [0.1, 0.15) is 46.5 Å². The zero-order valence-electron chi connectivity index (χ0n) is 18.8. The number of rotatable bonds is 8. The fraction of sp³-hybridized carbons (Fsp3) is 0.333. The summed E-state index contributed by atoms with van der Waals surface area (Å²) in [7, 11) is -3.50. The van der Waals surface area contributed by atoms with E-state index in [4.69, 9.17) is 0 Å². The summed E-state index contributed by atoms with van der Waals surface area (Å²) in [6.07, 6.45) is 7.14. The molecule has 34 heavy (non-hydrogen) atoms. The number of aromatic nitrogens is 2. The molecule has 2 heterocycles. The Morgan fingerprint density at radius 1 is 1.09 bits per heavy atom. The maximum atomic E-state index is 13.0. The van der Waals surface area contributed by atoms with Crippen LogP contribution >= 0.6 is 11.3 Å². The number of hydrogen-bond donors (Lipinski definition) is 2. The van der Waals surface area contributed by atoms with Crippen LogP contribution in [0.2, 0.25) is 0 Å². The van der Waals surface area contributed by atoms with Gasteiger partial charge in [-0.25, -0.2) is 23.2 Å². The Labute approximate surface area is 202 Å². The average molecular weight is 499 g/mol. The first-order valence-corrected chi connectivity index (χ1v) is 13.6. The summed E-state index contributed by atoms with van der Waals surface area (Å²) in [6.45, 7) is 1.92. The molecule has 178 valence electrons. The highest BCUT2D eigenvalue weighted by atomic mass is 32.2. The van der Waals surface area contributed by atoms with Gasteiger partial charge in [-0.15, -0.1) is 11.3 Å². The van der Waals surface area contributed by atoms with Crippen LogP contribution in [0.4, 0.5) is 15.6 Å². The van der Waals surface area contributed by atoms with E-state index < -0.39 is 15.9 Å². The van der Waals surface area contributed by atoms with Gasteiger partial charge < -0.3 is 5.32 Å². The van der Waals surface area contributed by atoms with E-state index in [-0.39, 0.29) is 28.9 Å². The lowest BCUT2D eigenvalue weighted by Gasteiger charge is -2.14. The molecule has 0 spiro atoms.